The number of quaternary nitrogens is 1. The Morgan fingerprint density at radius 1 is 1.05 bits per heavy atom. The van der Waals surface area contributed by atoms with Gasteiger partial charge in [-0.05, 0) is 26.3 Å². The molecule has 0 heterocycles. The Kier molecular flexibility index (Phi) is 7.53. The van der Waals surface area contributed by atoms with Crippen molar-refractivity contribution < 1.29 is 17.6 Å². The second-order valence-corrected chi connectivity index (χ2v) is 8.06. The van der Waals surface area contributed by atoms with Crippen molar-refractivity contribution in [3.05, 3.63) is 35.9 Å². The number of hydrogen-bond donors (Lipinski definition) is 0. The lowest BCUT2D eigenvalue weighted by molar-refractivity contribution is -0.923. The maximum atomic E-state index is 11.7. The minimum absolute atomic E-state index is 0.0292. The number of ether oxygens (including phenoxy) is 1. The zero-order valence-corrected chi connectivity index (χ0v) is 15.1. The molecule has 0 saturated heterocycles. The van der Waals surface area contributed by atoms with E-state index in [0.717, 1.165) is 36.2 Å². The topological polar surface area (TPSA) is 43.4 Å². The summed E-state index contributed by atoms with van der Waals surface area (Å²) in [6.45, 7) is 11.3. The van der Waals surface area contributed by atoms with Gasteiger partial charge in [0.2, 0.25) is 0 Å². The molecule has 22 heavy (non-hydrogen) atoms. The van der Waals surface area contributed by atoms with Gasteiger partial charge in [-0.3, -0.25) is 0 Å². The van der Waals surface area contributed by atoms with Crippen molar-refractivity contribution in [3.63, 3.8) is 0 Å². The van der Waals surface area contributed by atoms with Crippen LogP contribution >= 0.6 is 0 Å². The van der Waals surface area contributed by atoms with Gasteiger partial charge in [0.05, 0.1) is 38.1 Å². The van der Waals surface area contributed by atoms with E-state index in [1.165, 1.54) is 6.26 Å². The lowest BCUT2D eigenvalue weighted by Crippen LogP contribution is -2.49. The number of rotatable bonds is 10. The van der Waals surface area contributed by atoms with Crippen molar-refractivity contribution in [2.75, 3.05) is 44.8 Å². The standard InChI is InChI=1S/C17H30NO3S/c1-5-18(6-2,7-3)13-14-21-17(15-22(4,19)20)16-11-9-8-10-12-16/h8-12,17H,5-7,13-15H2,1-4H3/q+1. The molecule has 0 aliphatic carbocycles. The van der Waals surface area contributed by atoms with Crippen molar-refractivity contribution in [1.29, 1.82) is 0 Å². The van der Waals surface area contributed by atoms with Gasteiger partial charge in [0.1, 0.15) is 16.4 Å². The van der Waals surface area contributed by atoms with E-state index in [0.29, 0.717) is 6.61 Å². The van der Waals surface area contributed by atoms with E-state index >= 15 is 0 Å². The Balaban J connectivity index is 2.74. The molecule has 0 spiro atoms. The molecule has 1 aromatic carbocycles. The SMILES string of the molecule is CC[N+](CC)(CC)CCOC(CS(C)(=O)=O)c1ccccc1. The Bertz CT molecular complexity index is 516. The molecule has 1 atom stereocenters. The van der Waals surface area contributed by atoms with Gasteiger partial charge in [0.15, 0.2) is 0 Å². The van der Waals surface area contributed by atoms with E-state index in [4.69, 9.17) is 4.74 Å². The first-order chi connectivity index (χ1) is 10.4. The Morgan fingerprint density at radius 3 is 2.05 bits per heavy atom. The molecule has 0 bridgehead atoms. The van der Waals surface area contributed by atoms with Gasteiger partial charge in [-0.25, -0.2) is 8.42 Å². The summed E-state index contributed by atoms with van der Waals surface area (Å²) in [5.41, 5.74) is 0.926. The third-order valence-electron chi connectivity index (χ3n) is 4.52. The monoisotopic (exact) mass is 328 g/mol. The third kappa shape index (κ3) is 6.07. The van der Waals surface area contributed by atoms with Crippen LogP contribution in [0.2, 0.25) is 0 Å². The highest BCUT2D eigenvalue weighted by Gasteiger charge is 2.23. The molecule has 0 amide bonds. The second-order valence-electron chi connectivity index (χ2n) is 5.88. The molecule has 4 nitrogen and oxygen atoms in total. The average Bonchev–Trinajstić information content (AvgIpc) is 2.51. The van der Waals surface area contributed by atoms with Crippen LogP contribution < -0.4 is 0 Å². The van der Waals surface area contributed by atoms with Gasteiger partial charge < -0.3 is 9.22 Å². The average molecular weight is 328 g/mol. The Labute approximate surface area is 135 Å². The van der Waals surface area contributed by atoms with E-state index in [2.05, 4.69) is 20.8 Å². The van der Waals surface area contributed by atoms with Crippen molar-refractivity contribution in [2.24, 2.45) is 0 Å². The second kappa shape index (κ2) is 8.65. The van der Waals surface area contributed by atoms with E-state index in [-0.39, 0.29) is 11.9 Å². The molecule has 1 unspecified atom stereocenters. The fourth-order valence-corrected chi connectivity index (χ4v) is 3.56. The Hall–Kier alpha value is -0.910. The molecule has 0 fully saturated rings. The van der Waals surface area contributed by atoms with Crippen LogP contribution in [0.4, 0.5) is 0 Å². The van der Waals surface area contributed by atoms with Crippen LogP contribution in [-0.2, 0) is 14.6 Å². The summed E-state index contributed by atoms with van der Waals surface area (Å²) in [6.07, 6.45) is 0.875. The van der Waals surface area contributed by atoms with Crippen LogP contribution in [0.25, 0.3) is 0 Å². The molecule has 0 N–H and O–H groups in total. The maximum Gasteiger partial charge on any atom is 0.150 e. The molecule has 5 heteroatoms. The minimum atomic E-state index is -3.08. The number of likely N-dealkylation sites (N-methyl/N-ethyl adjacent to an activating group) is 1. The fourth-order valence-electron chi connectivity index (χ4n) is 2.72. The van der Waals surface area contributed by atoms with Gasteiger partial charge in [-0.2, -0.15) is 0 Å². The van der Waals surface area contributed by atoms with Crippen molar-refractivity contribution in [2.45, 2.75) is 26.9 Å². The summed E-state index contributed by atoms with van der Waals surface area (Å²) < 4.78 is 30.3. The van der Waals surface area contributed by atoms with Gasteiger partial charge in [-0.1, -0.05) is 30.3 Å². The van der Waals surface area contributed by atoms with Crippen molar-refractivity contribution >= 4 is 9.84 Å². The molecular weight excluding hydrogens is 298 g/mol. The maximum absolute atomic E-state index is 11.7. The summed E-state index contributed by atoms with van der Waals surface area (Å²) >= 11 is 0. The smallest absolute Gasteiger partial charge is 0.150 e. The molecule has 1 rings (SSSR count). The highest BCUT2D eigenvalue weighted by atomic mass is 32.2. The van der Waals surface area contributed by atoms with Crippen molar-refractivity contribution in [3.8, 4) is 0 Å². The number of benzene rings is 1. The van der Waals surface area contributed by atoms with Crippen LogP contribution in [0.1, 0.15) is 32.4 Å². The highest BCUT2D eigenvalue weighted by Crippen LogP contribution is 2.19. The molecule has 0 saturated carbocycles. The van der Waals surface area contributed by atoms with Gasteiger partial charge >= 0.3 is 0 Å². The number of sulfone groups is 1. The molecule has 126 valence electrons. The van der Waals surface area contributed by atoms with Gasteiger partial charge in [-0.15, -0.1) is 0 Å². The van der Waals surface area contributed by atoms with Gasteiger partial charge in [0.25, 0.3) is 0 Å². The first-order valence-electron chi connectivity index (χ1n) is 8.05. The zero-order chi connectivity index (χ0) is 16.6. The predicted octanol–water partition coefficient (Wildman–Crippen LogP) is 2.67. The molecule has 0 radical (unpaired) electrons. The van der Waals surface area contributed by atoms with Crippen LogP contribution in [0, 0.1) is 0 Å². The van der Waals surface area contributed by atoms with Crippen LogP contribution in [0.5, 0.6) is 0 Å². The van der Waals surface area contributed by atoms with E-state index < -0.39 is 9.84 Å². The fraction of sp³-hybridized carbons (Fsp3) is 0.647. The number of nitrogens with zero attached hydrogens (tertiary/aromatic N) is 1. The van der Waals surface area contributed by atoms with Crippen molar-refractivity contribution in [1.82, 2.24) is 0 Å². The summed E-state index contributed by atoms with van der Waals surface area (Å²) in [5, 5.41) is 0. The first-order valence-corrected chi connectivity index (χ1v) is 10.1. The summed E-state index contributed by atoms with van der Waals surface area (Å²) in [4.78, 5) is 0. The van der Waals surface area contributed by atoms with Crippen LogP contribution in [0.15, 0.2) is 30.3 Å². The molecular formula is C17H30NO3S+. The van der Waals surface area contributed by atoms with E-state index in [9.17, 15) is 8.42 Å². The zero-order valence-electron chi connectivity index (χ0n) is 14.3. The molecule has 0 aliphatic heterocycles. The predicted molar refractivity (Wildman–Crippen MR) is 91.6 cm³/mol. The van der Waals surface area contributed by atoms with Gasteiger partial charge in [0, 0.05) is 6.26 Å². The molecule has 1 aromatic rings. The minimum Gasteiger partial charge on any atom is -0.367 e. The lowest BCUT2D eigenvalue weighted by atomic mass is 10.1. The van der Waals surface area contributed by atoms with Crippen LogP contribution in [-0.4, -0.2) is 57.7 Å². The summed E-state index contributed by atoms with van der Waals surface area (Å²) in [7, 11) is -3.08. The summed E-state index contributed by atoms with van der Waals surface area (Å²) in [5.74, 6) is 0.0292. The lowest BCUT2D eigenvalue weighted by Gasteiger charge is -2.36. The Morgan fingerprint density at radius 2 is 1.59 bits per heavy atom. The van der Waals surface area contributed by atoms with E-state index in [1.54, 1.807) is 0 Å². The summed E-state index contributed by atoms with van der Waals surface area (Å²) in [6, 6.07) is 9.61. The van der Waals surface area contributed by atoms with E-state index in [1.807, 2.05) is 30.3 Å². The first kappa shape index (κ1) is 19.1. The quantitative estimate of drug-likeness (QED) is 0.620. The van der Waals surface area contributed by atoms with Crippen LogP contribution in [0.3, 0.4) is 0 Å². The normalized spacial score (nSPS) is 14.0. The largest absolute Gasteiger partial charge is 0.367 e. The highest BCUT2D eigenvalue weighted by molar-refractivity contribution is 7.90. The molecule has 0 aliphatic rings. The third-order valence-corrected chi connectivity index (χ3v) is 5.43. The number of hydrogen-bond acceptors (Lipinski definition) is 3. The molecule has 0 aromatic heterocycles.